The zero-order valence-corrected chi connectivity index (χ0v) is 14.2. The highest BCUT2D eigenvalue weighted by molar-refractivity contribution is 5.92. The van der Waals surface area contributed by atoms with E-state index in [-0.39, 0.29) is 17.2 Å². The fraction of sp³-hybridized carbons (Fsp3) is 0.471. The van der Waals surface area contributed by atoms with Crippen LogP contribution in [-0.4, -0.2) is 48.4 Å². The Morgan fingerprint density at radius 2 is 1.92 bits per heavy atom. The number of nitrogens with zero attached hydrogens (tertiary/aromatic N) is 3. The van der Waals surface area contributed by atoms with Crippen LogP contribution in [0.25, 0.3) is 10.9 Å². The highest BCUT2D eigenvalue weighted by Crippen LogP contribution is 2.53. The van der Waals surface area contributed by atoms with Crippen LogP contribution in [0.4, 0.5) is 5.82 Å². The van der Waals surface area contributed by atoms with Crippen LogP contribution in [0.15, 0.2) is 18.5 Å². The van der Waals surface area contributed by atoms with E-state index in [9.17, 15) is 4.79 Å². The van der Waals surface area contributed by atoms with Crippen LogP contribution in [0, 0.1) is 11.3 Å². The fourth-order valence-corrected chi connectivity index (χ4v) is 4.06. The molecule has 1 amide bonds. The number of benzene rings is 1. The van der Waals surface area contributed by atoms with Crippen molar-refractivity contribution in [3.8, 4) is 11.5 Å². The number of fused-ring (bicyclic) bond motifs is 1. The maximum absolute atomic E-state index is 11.5. The van der Waals surface area contributed by atoms with Gasteiger partial charge < -0.3 is 14.4 Å². The maximum Gasteiger partial charge on any atom is 0.246 e. The van der Waals surface area contributed by atoms with Crippen molar-refractivity contribution in [1.82, 2.24) is 15.4 Å². The number of amides is 1. The number of nitrogens with one attached hydrogen (secondary N) is 1. The molecule has 2 aromatic rings. The number of anilines is 1. The Kier molecular flexibility index (Phi) is 3.64. The third-order valence-corrected chi connectivity index (χ3v) is 5.31. The Bertz CT molecular complexity index is 827. The predicted molar refractivity (Wildman–Crippen MR) is 89.9 cm³/mol. The number of methoxy groups -OCH3 is 2. The molecule has 132 valence electrons. The second kappa shape index (κ2) is 5.73. The molecule has 2 aliphatic rings. The number of rotatable bonds is 4. The van der Waals surface area contributed by atoms with Crippen molar-refractivity contribution in [3.05, 3.63) is 18.5 Å². The molecule has 0 radical (unpaired) electrons. The molecule has 2 N–H and O–H groups in total. The number of hydroxylamine groups is 1. The molecule has 1 aliphatic heterocycles. The van der Waals surface area contributed by atoms with E-state index in [1.165, 1.54) is 0 Å². The molecule has 0 atom stereocenters. The van der Waals surface area contributed by atoms with E-state index in [4.69, 9.17) is 14.7 Å². The number of carbonyl (C=O) groups excluding carboxylic acids is 1. The Morgan fingerprint density at radius 1 is 1.24 bits per heavy atom. The van der Waals surface area contributed by atoms with Crippen LogP contribution in [0.5, 0.6) is 11.5 Å². The van der Waals surface area contributed by atoms with Gasteiger partial charge in [-0.1, -0.05) is 0 Å². The van der Waals surface area contributed by atoms with E-state index >= 15 is 0 Å². The van der Waals surface area contributed by atoms with Crippen LogP contribution in [0.1, 0.15) is 12.8 Å². The molecule has 25 heavy (non-hydrogen) atoms. The van der Waals surface area contributed by atoms with E-state index in [2.05, 4.69) is 14.9 Å². The third kappa shape index (κ3) is 2.44. The molecule has 8 nitrogen and oxygen atoms in total. The van der Waals surface area contributed by atoms with Gasteiger partial charge in [0.25, 0.3) is 0 Å². The van der Waals surface area contributed by atoms with Gasteiger partial charge in [0.15, 0.2) is 11.5 Å². The Morgan fingerprint density at radius 3 is 2.56 bits per heavy atom. The molecule has 2 heterocycles. The average molecular weight is 344 g/mol. The van der Waals surface area contributed by atoms with Gasteiger partial charge in [0.05, 0.1) is 19.7 Å². The minimum atomic E-state index is -0.284. The quantitative estimate of drug-likeness (QED) is 0.638. The standard InChI is InChI=1S/C17H20N4O4/c1-24-13-3-11-12(4-14(13)25-2)18-9-19-15(11)21-7-17(8-21)5-10(6-17)16(22)20-23/h3-4,9-10,23H,5-8H2,1-2H3,(H,20,22). The summed E-state index contributed by atoms with van der Waals surface area (Å²) in [6.07, 6.45) is 3.16. The molecule has 0 unspecified atom stereocenters. The number of hydrogen-bond acceptors (Lipinski definition) is 7. The van der Waals surface area contributed by atoms with Gasteiger partial charge in [-0.2, -0.15) is 0 Å². The van der Waals surface area contributed by atoms with E-state index in [1.807, 2.05) is 12.1 Å². The van der Waals surface area contributed by atoms with Crippen molar-refractivity contribution in [3.63, 3.8) is 0 Å². The fourth-order valence-electron chi connectivity index (χ4n) is 4.06. The summed E-state index contributed by atoms with van der Waals surface area (Å²) < 4.78 is 10.7. The zero-order valence-electron chi connectivity index (χ0n) is 14.2. The molecule has 1 aliphatic carbocycles. The minimum absolute atomic E-state index is 0.0846. The number of carbonyl (C=O) groups is 1. The lowest BCUT2D eigenvalue weighted by molar-refractivity contribution is -0.142. The van der Waals surface area contributed by atoms with Crippen molar-refractivity contribution in [2.24, 2.45) is 11.3 Å². The Labute approximate surface area is 144 Å². The molecular weight excluding hydrogens is 324 g/mol. The third-order valence-electron chi connectivity index (χ3n) is 5.31. The molecule has 1 aromatic carbocycles. The number of hydrogen-bond donors (Lipinski definition) is 2. The van der Waals surface area contributed by atoms with E-state index < -0.39 is 0 Å². The van der Waals surface area contributed by atoms with Gasteiger partial charge in [-0.25, -0.2) is 15.4 Å². The molecule has 0 bridgehead atoms. The minimum Gasteiger partial charge on any atom is -0.493 e. The predicted octanol–water partition coefficient (Wildman–Crippen LogP) is 1.37. The van der Waals surface area contributed by atoms with Crippen molar-refractivity contribution < 1.29 is 19.5 Å². The molecule has 4 rings (SSSR count). The van der Waals surface area contributed by atoms with E-state index in [1.54, 1.807) is 26.0 Å². The highest BCUT2D eigenvalue weighted by Gasteiger charge is 2.54. The first-order valence-corrected chi connectivity index (χ1v) is 8.15. The van der Waals surface area contributed by atoms with Gasteiger partial charge in [0, 0.05) is 35.9 Å². The summed E-state index contributed by atoms with van der Waals surface area (Å²) in [6, 6.07) is 3.75. The monoisotopic (exact) mass is 344 g/mol. The van der Waals surface area contributed by atoms with Crippen molar-refractivity contribution >= 4 is 22.6 Å². The molecular formula is C17H20N4O4. The number of aromatic nitrogens is 2. The second-order valence-corrected chi connectivity index (χ2v) is 6.86. The largest absolute Gasteiger partial charge is 0.493 e. The van der Waals surface area contributed by atoms with Crippen molar-refractivity contribution in [1.29, 1.82) is 0 Å². The molecule has 8 heteroatoms. The highest BCUT2D eigenvalue weighted by atomic mass is 16.5. The molecule has 1 saturated carbocycles. The summed E-state index contributed by atoms with van der Waals surface area (Å²) in [5.74, 6) is 1.78. The molecule has 1 aromatic heterocycles. The van der Waals surface area contributed by atoms with Gasteiger partial charge in [-0.15, -0.1) is 0 Å². The summed E-state index contributed by atoms with van der Waals surface area (Å²) in [4.78, 5) is 22.4. The number of ether oxygens (including phenoxy) is 2. The van der Waals surface area contributed by atoms with Crippen LogP contribution in [0.2, 0.25) is 0 Å². The summed E-state index contributed by atoms with van der Waals surface area (Å²) in [7, 11) is 3.20. The first-order valence-electron chi connectivity index (χ1n) is 8.15. The Balaban J connectivity index is 1.56. The zero-order chi connectivity index (χ0) is 17.6. The van der Waals surface area contributed by atoms with Gasteiger partial charge in [0.1, 0.15) is 12.1 Å². The lowest BCUT2D eigenvalue weighted by Crippen LogP contribution is -2.64. The normalized spacial score (nSPS) is 18.6. The first kappa shape index (κ1) is 15.9. The smallest absolute Gasteiger partial charge is 0.246 e. The van der Waals surface area contributed by atoms with E-state index in [0.29, 0.717) is 11.5 Å². The maximum atomic E-state index is 11.5. The lowest BCUT2D eigenvalue weighted by Gasteiger charge is -2.59. The molecule has 2 fully saturated rings. The van der Waals surface area contributed by atoms with Crippen LogP contribution >= 0.6 is 0 Å². The second-order valence-electron chi connectivity index (χ2n) is 6.86. The van der Waals surface area contributed by atoms with Crippen LogP contribution in [-0.2, 0) is 4.79 Å². The van der Waals surface area contributed by atoms with Crippen molar-refractivity contribution in [2.45, 2.75) is 12.8 Å². The Hall–Kier alpha value is -2.61. The SMILES string of the molecule is COc1cc2ncnc(N3CC4(CC(C(=O)NO)C4)C3)c2cc1OC. The van der Waals surface area contributed by atoms with Crippen molar-refractivity contribution in [2.75, 3.05) is 32.2 Å². The average Bonchev–Trinajstić information content (AvgIpc) is 2.57. The van der Waals surface area contributed by atoms with Gasteiger partial charge in [0.2, 0.25) is 5.91 Å². The summed E-state index contributed by atoms with van der Waals surface area (Å²) in [5, 5.41) is 9.64. The summed E-state index contributed by atoms with van der Waals surface area (Å²) >= 11 is 0. The van der Waals surface area contributed by atoms with Crippen LogP contribution in [0.3, 0.4) is 0 Å². The topological polar surface area (TPSA) is 96.8 Å². The van der Waals surface area contributed by atoms with Gasteiger partial charge in [-0.05, 0) is 18.9 Å². The van der Waals surface area contributed by atoms with E-state index in [0.717, 1.165) is 42.7 Å². The van der Waals surface area contributed by atoms with Gasteiger partial charge in [-0.3, -0.25) is 10.0 Å². The summed E-state index contributed by atoms with van der Waals surface area (Å²) in [6.45, 7) is 1.70. The lowest BCUT2D eigenvalue weighted by atomic mass is 9.57. The molecule has 1 spiro atoms. The summed E-state index contributed by atoms with van der Waals surface area (Å²) in [5.41, 5.74) is 2.70. The van der Waals surface area contributed by atoms with Gasteiger partial charge >= 0.3 is 0 Å². The van der Waals surface area contributed by atoms with Crippen LogP contribution < -0.4 is 19.9 Å². The molecule has 1 saturated heterocycles. The first-order chi connectivity index (χ1) is 12.1.